The van der Waals surface area contributed by atoms with E-state index in [4.69, 9.17) is 15.9 Å². The number of carboxylic acids is 2. The quantitative estimate of drug-likeness (QED) is 0.496. The van der Waals surface area contributed by atoms with Gasteiger partial charge >= 0.3 is 11.9 Å². The summed E-state index contributed by atoms with van der Waals surface area (Å²) in [5.74, 6) is -2.99. The van der Waals surface area contributed by atoms with Gasteiger partial charge in [0.1, 0.15) is 6.04 Å². The minimum absolute atomic E-state index is 0.370. The van der Waals surface area contributed by atoms with Crippen molar-refractivity contribution in [1.82, 2.24) is 0 Å². The van der Waals surface area contributed by atoms with E-state index in [1.54, 1.807) is 0 Å². The zero-order chi connectivity index (χ0) is 8.59. The minimum atomic E-state index is -1.13. The summed E-state index contributed by atoms with van der Waals surface area (Å²) < 4.78 is 0. The molecule has 4 N–H and O–H groups in total. The molecule has 0 aromatic carbocycles. The number of nitrogens with two attached hydrogens (primary N) is 1. The molecule has 0 amide bonds. The van der Waals surface area contributed by atoms with Gasteiger partial charge in [-0.05, 0) is 12.3 Å². The molecule has 1 rings (SSSR count). The van der Waals surface area contributed by atoms with Crippen molar-refractivity contribution >= 4 is 11.9 Å². The van der Waals surface area contributed by atoms with E-state index in [-0.39, 0.29) is 5.92 Å². The molecule has 3 atom stereocenters. The fourth-order valence-corrected chi connectivity index (χ4v) is 1.08. The zero-order valence-corrected chi connectivity index (χ0v) is 5.73. The summed E-state index contributed by atoms with van der Waals surface area (Å²) >= 11 is 0. The van der Waals surface area contributed by atoms with Crippen LogP contribution < -0.4 is 5.73 Å². The van der Waals surface area contributed by atoms with Crippen molar-refractivity contribution in [3.8, 4) is 0 Å². The SMILES string of the molecule is NC(C(=O)O)C1C[C@@H]1C(=O)O. The van der Waals surface area contributed by atoms with Gasteiger partial charge in [0.2, 0.25) is 0 Å². The van der Waals surface area contributed by atoms with Crippen LogP contribution in [0.25, 0.3) is 0 Å². The normalized spacial score (nSPS) is 31.0. The first-order valence-electron chi connectivity index (χ1n) is 3.25. The van der Waals surface area contributed by atoms with Crippen LogP contribution in [0.3, 0.4) is 0 Å². The van der Waals surface area contributed by atoms with Crippen molar-refractivity contribution in [2.24, 2.45) is 17.6 Å². The Bertz CT molecular complexity index is 203. The highest BCUT2D eigenvalue weighted by molar-refractivity contribution is 5.79. The lowest BCUT2D eigenvalue weighted by molar-refractivity contribution is -0.140. The van der Waals surface area contributed by atoms with Crippen molar-refractivity contribution in [3.05, 3.63) is 0 Å². The van der Waals surface area contributed by atoms with Gasteiger partial charge in [0, 0.05) is 0 Å². The highest BCUT2D eigenvalue weighted by atomic mass is 16.4. The summed E-state index contributed by atoms with van der Waals surface area (Å²) in [6.45, 7) is 0. The molecule has 0 heterocycles. The average molecular weight is 159 g/mol. The second kappa shape index (κ2) is 2.50. The Labute approximate surface area is 62.8 Å². The fraction of sp³-hybridized carbons (Fsp3) is 0.667. The standard InChI is InChI=1S/C6H9NO4/c7-4(6(10)11)2-1-3(2)5(8)9/h2-4H,1,7H2,(H,8,9)(H,10,11)/t2?,3-,4?/m0/s1. The summed E-state index contributed by atoms with van der Waals surface area (Å²) in [6.07, 6.45) is 0.392. The summed E-state index contributed by atoms with van der Waals surface area (Å²) in [5, 5.41) is 16.8. The Hall–Kier alpha value is -1.10. The van der Waals surface area contributed by atoms with Crippen LogP contribution in [0.1, 0.15) is 6.42 Å². The Kier molecular flexibility index (Phi) is 1.82. The van der Waals surface area contributed by atoms with E-state index in [0.717, 1.165) is 0 Å². The van der Waals surface area contributed by atoms with Gasteiger partial charge in [-0.1, -0.05) is 0 Å². The fourth-order valence-electron chi connectivity index (χ4n) is 1.08. The van der Waals surface area contributed by atoms with Crippen LogP contribution in [0, 0.1) is 11.8 Å². The highest BCUT2D eigenvalue weighted by Crippen LogP contribution is 2.40. The Balaban J connectivity index is 2.43. The van der Waals surface area contributed by atoms with Gasteiger partial charge in [-0.3, -0.25) is 9.59 Å². The molecule has 1 saturated carbocycles. The lowest BCUT2D eigenvalue weighted by Crippen LogP contribution is -2.33. The molecule has 5 nitrogen and oxygen atoms in total. The van der Waals surface area contributed by atoms with E-state index in [1.165, 1.54) is 0 Å². The van der Waals surface area contributed by atoms with E-state index < -0.39 is 23.9 Å². The molecule has 1 fully saturated rings. The third-order valence-corrected chi connectivity index (χ3v) is 1.90. The Morgan fingerprint density at radius 3 is 2.27 bits per heavy atom. The van der Waals surface area contributed by atoms with Crippen molar-refractivity contribution in [2.45, 2.75) is 12.5 Å². The lowest BCUT2D eigenvalue weighted by Gasteiger charge is -2.01. The summed E-state index contributed by atoms with van der Waals surface area (Å²) in [4.78, 5) is 20.5. The minimum Gasteiger partial charge on any atom is -0.481 e. The highest BCUT2D eigenvalue weighted by Gasteiger charge is 2.49. The second-order valence-corrected chi connectivity index (χ2v) is 2.71. The number of hydrogen-bond donors (Lipinski definition) is 3. The van der Waals surface area contributed by atoms with Gasteiger partial charge in [0.25, 0.3) is 0 Å². The largest absolute Gasteiger partial charge is 0.481 e. The maximum absolute atomic E-state index is 10.3. The van der Waals surface area contributed by atoms with Crippen LogP contribution in [-0.4, -0.2) is 28.2 Å². The third-order valence-electron chi connectivity index (χ3n) is 1.90. The first kappa shape index (κ1) is 8.00. The molecule has 1 aliphatic carbocycles. The lowest BCUT2D eigenvalue weighted by atomic mass is 10.1. The average Bonchev–Trinajstić information content (AvgIpc) is 2.63. The summed E-state index contributed by atoms with van der Waals surface area (Å²) in [5.41, 5.74) is 5.19. The Morgan fingerprint density at radius 2 is 2.00 bits per heavy atom. The van der Waals surface area contributed by atoms with Crippen LogP contribution >= 0.6 is 0 Å². The molecule has 11 heavy (non-hydrogen) atoms. The molecule has 62 valence electrons. The number of aliphatic carboxylic acids is 2. The molecule has 0 aromatic rings. The predicted octanol–water partition coefficient (Wildman–Crippen LogP) is -0.881. The molecular formula is C6H9NO4. The molecule has 0 aromatic heterocycles. The van der Waals surface area contributed by atoms with E-state index in [1.807, 2.05) is 0 Å². The van der Waals surface area contributed by atoms with Crippen molar-refractivity contribution in [3.63, 3.8) is 0 Å². The molecular weight excluding hydrogens is 150 g/mol. The molecule has 0 bridgehead atoms. The topological polar surface area (TPSA) is 101 Å². The van der Waals surface area contributed by atoms with Gasteiger partial charge in [0.05, 0.1) is 5.92 Å². The molecule has 2 unspecified atom stereocenters. The van der Waals surface area contributed by atoms with Gasteiger partial charge in [0.15, 0.2) is 0 Å². The van der Waals surface area contributed by atoms with Crippen LogP contribution in [0.15, 0.2) is 0 Å². The molecule has 1 aliphatic rings. The van der Waals surface area contributed by atoms with E-state index >= 15 is 0 Å². The van der Waals surface area contributed by atoms with Crippen LogP contribution in [0.2, 0.25) is 0 Å². The predicted molar refractivity (Wildman–Crippen MR) is 34.8 cm³/mol. The van der Waals surface area contributed by atoms with Gasteiger partial charge < -0.3 is 15.9 Å². The maximum atomic E-state index is 10.3. The monoisotopic (exact) mass is 159 g/mol. The number of rotatable bonds is 3. The molecule has 0 aliphatic heterocycles. The van der Waals surface area contributed by atoms with Crippen LogP contribution in [0.5, 0.6) is 0 Å². The van der Waals surface area contributed by atoms with Crippen LogP contribution in [0.4, 0.5) is 0 Å². The zero-order valence-electron chi connectivity index (χ0n) is 5.73. The number of carbonyl (C=O) groups is 2. The van der Waals surface area contributed by atoms with Crippen molar-refractivity contribution in [2.75, 3.05) is 0 Å². The van der Waals surface area contributed by atoms with E-state index in [2.05, 4.69) is 0 Å². The van der Waals surface area contributed by atoms with Gasteiger partial charge in [-0.2, -0.15) is 0 Å². The first-order valence-corrected chi connectivity index (χ1v) is 3.25. The number of hydrogen-bond acceptors (Lipinski definition) is 3. The van der Waals surface area contributed by atoms with Gasteiger partial charge in [-0.25, -0.2) is 0 Å². The Morgan fingerprint density at radius 1 is 1.45 bits per heavy atom. The summed E-state index contributed by atoms with van der Waals surface area (Å²) in [6, 6.07) is -1.02. The second-order valence-electron chi connectivity index (χ2n) is 2.71. The molecule has 0 radical (unpaired) electrons. The van der Waals surface area contributed by atoms with Crippen molar-refractivity contribution < 1.29 is 19.8 Å². The van der Waals surface area contributed by atoms with Crippen molar-refractivity contribution in [1.29, 1.82) is 0 Å². The van der Waals surface area contributed by atoms with E-state index in [0.29, 0.717) is 6.42 Å². The molecule has 0 spiro atoms. The first-order chi connectivity index (χ1) is 5.04. The molecule has 0 saturated heterocycles. The third kappa shape index (κ3) is 1.48. The van der Waals surface area contributed by atoms with Crippen LogP contribution in [-0.2, 0) is 9.59 Å². The smallest absolute Gasteiger partial charge is 0.320 e. The van der Waals surface area contributed by atoms with Gasteiger partial charge in [-0.15, -0.1) is 0 Å². The number of carboxylic acid groups (broad SMARTS) is 2. The molecule has 5 heteroatoms. The van der Waals surface area contributed by atoms with E-state index in [9.17, 15) is 9.59 Å². The summed E-state index contributed by atoms with van der Waals surface area (Å²) in [7, 11) is 0. The maximum Gasteiger partial charge on any atom is 0.320 e.